The number of ether oxygens (including phenoxy) is 2. The minimum Gasteiger partial charge on any atom is -0.423 e. The summed E-state index contributed by atoms with van der Waals surface area (Å²) in [5, 5.41) is 0.764. The predicted octanol–water partition coefficient (Wildman–Crippen LogP) is 13.8. The van der Waals surface area contributed by atoms with Gasteiger partial charge in [-0.1, -0.05) is 92.6 Å². The van der Waals surface area contributed by atoms with Crippen molar-refractivity contribution in [3.05, 3.63) is 166 Å². The van der Waals surface area contributed by atoms with Gasteiger partial charge >= 0.3 is 11.9 Å². The molecule has 0 aromatic heterocycles. The molecule has 4 aromatic rings. The normalized spacial score (nSPS) is 17.6. The van der Waals surface area contributed by atoms with E-state index in [1.165, 1.54) is 35.4 Å². The molecule has 4 aromatic carbocycles. The number of halogens is 5. The van der Waals surface area contributed by atoms with E-state index in [0.29, 0.717) is 12.8 Å². The number of fused-ring (bicyclic) bond motifs is 2. The summed E-state index contributed by atoms with van der Waals surface area (Å²) in [5.41, 5.74) is 8.73. The SMILES string of the molecule is CC1(C)C(/C=C/C2=C(Cl)C(=C\C=C3\N(CCCCCC(=O)Oc4cccc(F)c4F)c4ccccc4C3(C)C)/CCC2)=[N+](CCCCCC(=O)Oc2cccc(F)c2F)c2ccccc21. The van der Waals surface area contributed by atoms with Gasteiger partial charge in [-0.25, -0.2) is 8.78 Å². The lowest BCUT2D eigenvalue weighted by Crippen LogP contribution is -2.28. The molecule has 0 fully saturated rings. The summed E-state index contributed by atoms with van der Waals surface area (Å²) in [6.07, 6.45) is 15.8. The first-order valence-corrected chi connectivity index (χ1v) is 23.0. The van der Waals surface area contributed by atoms with E-state index in [4.69, 9.17) is 21.1 Å². The van der Waals surface area contributed by atoms with Gasteiger partial charge in [-0.05, 0) is 112 Å². The molecule has 0 unspecified atom stereocenters. The van der Waals surface area contributed by atoms with E-state index >= 15 is 0 Å². The lowest BCUT2D eigenvalue weighted by molar-refractivity contribution is -0.438. The molecular weight excluding hydrogens is 852 g/mol. The molecule has 1 aliphatic carbocycles. The van der Waals surface area contributed by atoms with Crippen molar-refractivity contribution in [1.29, 1.82) is 0 Å². The second kappa shape index (κ2) is 20.6. The average molecular weight is 908 g/mol. The Morgan fingerprint density at radius 1 is 0.677 bits per heavy atom. The quantitative estimate of drug-likeness (QED) is 0.0347. The molecule has 11 heteroatoms. The van der Waals surface area contributed by atoms with Gasteiger partial charge in [-0.15, -0.1) is 0 Å². The number of anilines is 1. The third-order valence-corrected chi connectivity index (χ3v) is 13.2. The summed E-state index contributed by atoms with van der Waals surface area (Å²) in [4.78, 5) is 27.2. The number of rotatable bonds is 17. The summed E-state index contributed by atoms with van der Waals surface area (Å²) in [7, 11) is 0. The number of para-hydroxylation sites is 2. The fourth-order valence-electron chi connectivity index (χ4n) is 9.24. The molecule has 3 aliphatic rings. The Labute approximate surface area is 384 Å². The van der Waals surface area contributed by atoms with Gasteiger partial charge in [0.15, 0.2) is 28.8 Å². The van der Waals surface area contributed by atoms with E-state index in [1.54, 1.807) is 0 Å². The van der Waals surface area contributed by atoms with Crippen LogP contribution in [0.15, 0.2) is 131 Å². The van der Waals surface area contributed by atoms with E-state index in [2.05, 4.69) is 110 Å². The van der Waals surface area contributed by atoms with E-state index in [1.807, 2.05) is 0 Å². The molecule has 2 aliphatic heterocycles. The van der Waals surface area contributed by atoms with Gasteiger partial charge in [0.2, 0.25) is 17.3 Å². The molecule has 0 bridgehead atoms. The Hall–Kier alpha value is -5.74. The van der Waals surface area contributed by atoms with E-state index < -0.39 is 46.7 Å². The maximum absolute atomic E-state index is 14.0. The predicted molar refractivity (Wildman–Crippen MR) is 249 cm³/mol. The minimum atomic E-state index is -1.17. The second-order valence-corrected chi connectivity index (χ2v) is 18.3. The molecule has 7 rings (SSSR count). The molecule has 2 heterocycles. The fraction of sp³-hybridized carbons (Fsp3) is 0.352. The van der Waals surface area contributed by atoms with Gasteiger partial charge in [0.1, 0.15) is 6.54 Å². The van der Waals surface area contributed by atoms with Crippen LogP contribution in [-0.4, -0.2) is 35.3 Å². The highest BCUT2D eigenvalue weighted by atomic mass is 35.5. The number of esters is 2. The Bertz CT molecular complexity index is 2610. The monoisotopic (exact) mass is 907 g/mol. The maximum Gasteiger partial charge on any atom is 0.311 e. The molecule has 0 radical (unpaired) electrons. The van der Waals surface area contributed by atoms with Gasteiger partial charge in [0.05, 0.1) is 5.41 Å². The van der Waals surface area contributed by atoms with Crippen LogP contribution in [0.25, 0.3) is 0 Å². The summed E-state index contributed by atoms with van der Waals surface area (Å²) >= 11 is 7.28. The number of nitrogens with zero attached hydrogens (tertiary/aromatic N) is 2. The summed E-state index contributed by atoms with van der Waals surface area (Å²) in [6, 6.07) is 23.9. The van der Waals surface area contributed by atoms with Crippen LogP contribution < -0.4 is 14.4 Å². The van der Waals surface area contributed by atoms with E-state index in [0.717, 1.165) is 109 Å². The number of carbonyl (C=O) groups is 2. The Balaban J connectivity index is 1.03. The van der Waals surface area contributed by atoms with Gasteiger partial charge in [0.25, 0.3) is 0 Å². The molecule has 0 amide bonds. The smallest absolute Gasteiger partial charge is 0.311 e. The average Bonchev–Trinajstić information content (AvgIpc) is 3.63. The zero-order chi connectivity index (χ0) is 46.3. The third kappa shape index (κ3) is 10.5. The molecule has 0 saturated heterocycles. The number of carbonyl (C=O) groups excluding carboxylic acids is 2. The van der Waals surface area contributed by atoms with Crippen LogP contribution in [0.5, 0.6) is 11.5 Å². The third-order valence-electron chi connectivity index (χ3n) is 12.7. The highest BCUT2D eigenvalue weighted by Crippen LogP contribution is 2.48. The number of unbranched alkanes of at least 4 members (excludes halogenated alkanes) is 4. The summed E-state index contributed by atoms with van der Waals surface area (Å²) in [6.45, 7) is 10.4. The molecule has 340 valence electrons. The zero-order valence-electron chi connectivity index (χ0n) is 37.5. The number of hydrogen-bond donors (Lipinski definition) is 0. The summed E-state index contributed by atoms with van der Waals surface area (Å²) < 4.78 is 67.7. The van der Waals surface area contributed by atoms with Crippen molar-refractivity contribution in [3.63, 3.8) is 0 Å². The molecule has 6 nitrogen and oxygen atoms in total. The molecule has 0 atom stereocenters. The van der Waals surface area contributed by atoms with Crippen LogP contribution in [0, 0.1) is 23.3 Å². The van der Waals surface area contributed by atoms with Gasteiger partial charge in [-0.3, -0.25) is 9.59 Å². The van der Waals surface area contributed by atoms with Crippen molar-refractivity contribution >= 4 is 40.6 Å². The lowest BCUT2D eigenvalue weighted by Gasteiger charge is -2.27. The summed E-state index contributed by atoms with van der Waals surface area (Å²) in [5.74, 6) is -6.43. The van der Waals surface area contributed by atoms with E-state index in [9.17, 15) is 27.2 Å². The van der Waals surface area contributed by atoms with Crippen molar-refractivity contribution in [3.8, 4) is 11.5 Å². The van der Waals surface area contributed by atoms with Gasteiger partial charge in [0, 0.05) is 65.3 Å². The van der Waals surface area contributed by atoms with Crippen molar-refractivity contribution in [2.24, 2.45) is 0 Å². The maximum atomic E-state index is 14.0. The van der Waals surface area contributed by atoms with Crippen LogP contribution in [0.3, 0.4) is 0 Å². The zero-order valence-corrected chi connectivity index (χ0v) is 38.3. The van der Waals surface area contributed by atoms with Crippen LogP contribution >= 0.6 is 11.6 Å². The number of allylic oxidation sites excluding steroid dienone is 8. The second-order valence-electron chi connectivity index (χ2n) is 17.9. The molecular formula is C54H56ClF4N2O4+. The van der Waals surface area contributed by atoms with Crippen molar-refractivity contribution in [1.82, 2.24) is 0 Å². The highest BCUT2D eigenvalue weighted by Gasteiger charge is 2.44. The van der Waals surface area contributed by atoms with E-state index in [-0.39, 0.29) is 23.7 Å². The first-order valence-electron chi connectivity index (χ1n) is 22.6. The Morgan fingerprint density at radius 3 is 1.94 bits per heavy atom. The number of hydrogen-bond acceptors (Lipinski definition) is 5. The van der Waals surface area contributed by atoms with Gasteiger partial charge in [-0.2, -0.15) is 13.4 Å². The van der Waals surface area contributed by atoms with Crippen molar-refractivity contribution < 1.29 is 41.2 Å². The Kier molecular flexibility index (Phi) is 15.0. The van der Waals surface area contributed by atoms with Crippen LogP contribution in [0.2, 0.25) is 0 Å². The van der Waals surface area contributed by atoms with Crippen molar-refractivity contribution in [2.75, 3.05) is 18.0 Å². The van der Waals surface area contributed by atoms with Gasteiger partial charge < -0.3 is 14.4 Å². The minimum absolute atomic E-state index is 0.0990. The van der Waals surface area contributed by atoms with Crippen LogP contribution in [0.1, 0.15) is 109 Å². The molecule has 0 saturated carbocycles. The standard InChI is InChI=1S/C54H56ClF4N2O4/c1-53(2)38-20-9-11-24-42(38)60(34-13-5-7-28-48(62)64-44-26-16-22-40(56)51(44)58)46(53)32-30-36-18-15-19-37(50(36)55)31-33-47-54(3,4)39-21-10-12-25-43(39)61(47)35-14-6-8-29-49(63)65-45-27-17-23-41(57)52(45)59/h9-12,16-17,20-27,30-33H,5-8,13-15,18-19,28-29,34-35H2,1-4H3/q+1. The van der Waals surface area contributed by atoms with Crippen LogP contribution in [-0.2, 0) is 20.4 Å². The highest BCUT2D eigenvalue weighted by molar-refractivity contribution is 6.32. The first-order chi connectivity index (χ1) is 31.2. The molecule has 0 spiro atoms. The molecule has 0 N–H and O–H groups in total. The lowest BCUT2D eigenvalue weighted by atomic mass is 9.81. The largest absolute Gasteiger partial charge is 0.423 e. The topological polar surface area (TPSA) is 58.9 Å². The first kappa shape index (κ1) is 47.2. The van der Waals surface area contributed by atoms with Crippen LogP contribution in [0.4, 0.5) is 28.9 Å². The fourth-order valence-corrected chi connectivity index (χ4v) is 9.55. The van der Waals surface area contributed by atoms with Crippen molar-refractivity contribution in [2.45, 2.75) is 109 Å². The number of benzene rings is 4. The molecule has 65 heavy (non-hydrogen) atoms. The Morgan fingerprint density at radius 2 is 1.28 bits per heavy atom.